The maximum atomic E-state index is 11.7. The summed E-state index contributed by atoms with van der Waals surface area (Å²) in [5, 5.41) is 4.99. The van der Waals surface area contributed by atoms with E-state index in [9.17, 15) is 4.79 Å². The highest BCUT2D eigenvalue weighted by Gasteiger charge is 2.25. The highest BCUT2D eigenvalue weighted by Crippen LogP contribution is 2.29. The molecule has 0 unspecified atom stereocenters. The van der Waals surface area contributed by atoms with Gasteiger partial charge in [0, 0.05) is 57.4 Å². The number of hydrogen-bond donors (Lipinski definition) is 0. The monoisotopic (exact) mass is 460 g/mol. The molecule has 1 amide bonds. The van der Waals surface area contributed by atoms with Crippen LogP contribution in [-0.4, -0.2) is 71.0 Å². The molecule has 178 valence electrons. The number of aromatic nitrogens is 3. The molecule has 2 fully saturated rings. The second-order valence-corrected chi connectivity index (χ2v) is 9.21. The topological polar surface area (TPSA) is 75.3 Å². The number of rotatable bonds is 5. The minimum absolute atomic E-state index is 0.153. The lowest BCUT2D eigenvalue weighted by atomic mass is 9.94. The van der Waals surface area contributed by atoms with Gasteiger partial charge in [-0.2, -0.15) is 9.61 Å². The normalized spacial score (nSPS) is 17.7. The van der Waals surface area contributed by atoms with Crippen LogP contribution in [0.3, 0.4) is 0 Å². The van der Waals surface area contributed by atoms with E-state index in [1.54, 1.807) is 6.92 Å². The van der Waals surface area contributed by atoms with Crippen LogP contribution in [0.15, 0.2) is 41.4 Å². The third-order valence-corrected chi connectivity index (χ3v) is 6.71. The number of benzene rings is 1. The van der Waals surface area contributed by atoms with Crippen molar-refractivity contribution >= 4 is 23.6 Å². The van der Waals surface area contributed by atoms with E-state index in [1.165, 1.54) is 5.56 Å². The van der Waals surface area contributed by atoms with Crippen molar-refractivity contribution in [1.29, 1.82) is 0 Å². The molecular weight excluding hydrogens is 428 g/mol. The number of likely N-dealkylation sites (tertiary alicyclic amines) is 1. The van der Waals surface area contributed by atoms with Crippen molar-refractivity contribution in [1.82, 2.24) is 19.5 Å². The molecule has 0 saturated carbocycles. The lowest BCUT2D eigenvalue weighted by Crippen LogP contribution is -2.37. The number of anilines is 1. The quantitative estimate of drug-likeness (QED) is 0.547. The van der Waals surface area contributed by atoms with E-state index in [0.717, 1.165) is 67.4 Å². The zero-order valence-corrected chi connectivity index (χ0v) is 20.0. The first-order valence-corrected chi connectivity index (χ1v) is 12.1. The largest absolute Gasteiger partial charge is 0.378 e. The number of piperidine rings is 1. The molecular formula is C26H32N6O2. The van der Waals surface area contributed by atoms with Crippen molar-refractivity contribution in [2.24, 2.45) is 4.99 Å². The fourth-order valence-electron chi connectivity index (χ4n) is 4.81. The van der Waals surface area contributed by atoms with E-state index in [-0.39, 0.29) is 5.91 Å². The second-order valence-electron chi connectivity index (χ2n) is 9.21. The zero-order chi connectivity index (χ0) is 23.5. The minimum atomic E-state index is 0.153. The summed E-state index contributed by atoms with van der Waals surface area (Å²) in [4.78, 5) is 25.5. The Morgan fingerprint density at radius 2 is 1.94 bits per heavy atom. The van der Waals surface area contributed by atoms with E-state index in [2.05, 4.69) is 47.1 Å². The third kappa shape index (κ3) is 4.97. The van der Waals surface area contributed by atoms with Crippen LogP contribution >= 0.6 is 0 Å². The fourth-order valence-corrected chi connectivity index (χ4v) is 4.81. The number of carbonyl (C=O) groups is 1. The van der Waals surface area contributed by atoms with Crippen LogP contribution in [0.4, 0.5) is 5.82 Å². The Morgan fingerprint density at radius 3 is 2.68 bits per heavy atom. The number of fused-ring (bicyclic) bond motifs is 1. The molecule has 2 aromatic heterocycles. The van der Waals surface area contributed by atoms with Crippen molar-refractivity contribution in [2.45, 2.75) is 39.2 Å². The molecule has 0 bridgehead atoms. The summed E-state index contributed by atoms with van der Waals surface area (Å²) in [5.41, 5.74) is 5.16. The summed E-state index contributed by atoms with van der Waals surface area (Å²) in [5.74, 6) is 1.54. The Hall–Kier alpha value is -3.26. The van der Waals surface area contributed by atoms with E-state index >= 15 is 0 Å². The Bertz CT molecular complexity index is 1190. The Labute approximate surface area is 200 Å². The van der Waals surface area contributed by atoms with Gasteiger partial charge in [-0.15, -0.1) is 0 Å². The third-order valence-electron chi connectivity index (χ3n) is 6.71. The molecule has 4 heterocycles. The van der Waals surface area contributed by atoms with Crippen molar-refractivity contribution in [2.75, 3.05) is 44.3 Å². The van der Waals surface area contributed by atoms with Gasteiger partial charge in [-0.1, -0.05) is 29.8 Å². The van der Waals surface area contributed by atoms with Gasteiger partial charge in [-0.25, -0.2) is 4.98 Å². The molecule has 34 heavy (non-hydrogen) atoms. The van der Waals surface area contributed by atoms with Gasteiger partial charge in [-0.3, -0.25) is 9.79 Å². The number of hydrogen-bond acceptors (Lipinski definition) is 6. The standard InChI is InChI=1S/C26H32N6O2/c1-19-4-3-5-21(14-19)17-27-18-23-15-26(31-10-12-34-13-11-31)32-25(28-23)16-24(29-32)22-6-8-30(9-7-22)20(2)33/h3-5,14-17,22H,6-13,18H2,1-2H3. The van der Waals surface area contributed by atoms with Crippen molar-refractivity contribution in [3.63, 3.8) is 0 Å². The fraction of sp³-hybridized carbons (Fsp3) is 0.462. The maximum absolute atomic E-state index is 11.7. The first-order valence-electron chi connectivity index (χ1n) is 12.1. The Morgan fingerprint density at radius 1 is 1.15 bits per heavy atom. The number of carbonyl (C=O) groups excluding carboxylic acids is 1. The van der Waals surface area contributed by atoms with Gasteiger partial charge in [0.05, 0.1) is 31.1 Å². The molecule has 2 saturated heterocycles. The first kappa shape index (κ1) is 22.5. The summed E-state index contributed by atoms with van der Waals surface area (Å²) in [7, 11) is 0. The van der Waals surface area contributed by atoms with E-state index in [0.29, 0.717) is 25.7 Å². The highest BCUT2D eigenvalue weighted by molar-refractivity contribution is 5.79. The predicted octanol–water partition coefficient (Wildman–Crippen LogP) is 3.22. The molecule has 0 N–H and O–H groups in total. The van der Waals surface area contributed by atoms with Crippen LogP contribution in [0, 0.1) is 6.92 Å². The van der Waals surface area contributed by atoms with Crippen LogP contribution in [0.2, 0.25) is 0 Å². The van der Waals surface area contributed by atoms with E-state index in [1.807, 2.05) is 21.7 Å². The highest BCUT2D eigenvalue weighted by atomic mass is 16.5. The molecule has 8 heteroatoms. The number of aliphatic imine (C=N–C) groups is 1. The smallest absolute Gasteiger partial charge is 0.219 e. The molecule has 2 aliphatic rings. The summed E-state index contributed by atoms with van der Waals surface area (Å²) in [6.45, 7) is 8.90. The number of amides is 1. The molecule has 0 spiro atoms. The Balaban J connectivity index is 1.42. The van der Waals surface area contributed by atoms with Gasteiger partial charge < -0.3 is 14.5 Å². The number of morpholine rings is 1. The summed E-state index contributed by atoms with van der Waals surface area (Å²) < 4.78 is 7.55. The van der Waals surface area contributed by atoms with E-state index < -0.39 is 0 Å². The summed E-state index contributed by atoms with van der Waals surface area (Å²) in [6.07, 6.45) is 3.78. The molecule has 8 nitrogen and oxygen atoms in total. The van der Waals surface area contributed by atoms with Gasteiger partial charge in [0.25, 0.3) is 0 Å². The average Bonchev–Trinajstić information content (AvgIpc) is 3.28. The van der Waals surface area contributed by atoms with Crippen LogP contribution in [0.25, 0.3) is 5.65 Å². The lowest BCUT2D eigenvalue weighted by Gasteiger charge is -2.30. The minimum Gasteiger partial charge on any atom is -0.378 e. The van der Waals surface area contributed by atoms with E-state index in [4.69, 9.17) is 14.8 Å². The van der Waals surface area contributed by atoms with Crippen molar-refractivity contribution in [3.8, 4) is 0 Å². The molecule has 0 radical (unpaired) electrons. The molecule has 0 atom stereocenters. The predicted molar refractivity (Wildman–Crippen MR) is 133 cm³/mol. The second kappa shape index (κ2) is 9.93. The lowest BCUT2D eigenvalue weighted by molar-refractivity contribution is -0.129. The number of nitrogens with zero attached hydrogens (tertiary/aromatic N) is 6. The summed E-state index contributed by atoms with van der Waals surface area (Å²) >= 11 is 0. The summed E-state index contributed by atoms with van der Waals surface area (Å²) in [6, 6.07) is 12.6. The van der Waals surface area contributed by atoms with Gasteiger partial charge >= 0.3 is 0 Å². The van der Waals surface area contributed by atoms with Crippen LogP contribution < -0.4 is 4.90 Å². The SMILES string of the molecule is CC(=O)N1CCC(c2cc3nc(CN=Cc4cccc(C)c4)cc(N4CCOCC4)n3n2)CC1. The molecule has 3 aromatic rings. The van der Waals surface area contributed by atoms with Gasteiger partial charge in [-0.05, 0) is 25.3 Å². The van der Waals surface area contributed by atoms with Crippen LogP contribution in [-0.2, 0) is 16.1 Å². The first-order chi connectivity index (χ1) is 16.6. The Kier molecular flexibility index (Phi) is 6.58. The number of aryl methyl sites for hydroxylation is 1. The molecule has 0 aliphatic carbocycles. The van der Waals surface area contributed by atoms with Crippen molar-refractivity contribution in [3.05, 3.63) is 58.9 Å². The molecule has 5 rings (SSSR count). The van der Waals surface area contributed by atoms with Crippen LogP contribution in [0.5, 0.6) is 0 Å². The van der Waals surface area contributed by atoms with Gasteiger partial charge in [0.15, 0.2) is 5.65 Å². The van der Waals surface area contributed by atoms with Gasteiger partial charge in [0.1, 0.15) is 5.82 Å². The average molecular weight is 461 g/mol. The van der Waals surface area contributed by atoms with Crippen LogP contribution in [0.1, 0.15) is 48.2 Å². The van der Waals surface area contributed by atoms with Crippen molar-refractivity contribution < 1.29 is 9.53 Å². The zero-order valence-electron chi connectivity index (χ0n) is 20.0. The van der Waals surface area contributed by atoms with Gasteiger partial charge in [0.2, 0.25) is 5.91 Å². The maximum Gasteiger partial charge on any atom is 0.219 e. The number of ether oxygens (including phenoxy) is 1. The molecule has 2 aliphatic heterocycles. The molecule has 1 aromatic carbocycles.